The highest BCUT2D eigenvalue weighted by molar-refractivity contribution is 8.01. The third kappa shape index (κ3) is 4.07. The van der Waals surface area contributed by atoms with Gasteiger partial charge in [-0.1, -0.05) is 35.2 Å². The van der Waals surface area contributed by atoms with Gasteiger partial charge in [-0.05, 0) is 12.1 Å². The normalized spacial score (nSPS) is 13.4. The molecular formula is C17H16N4O3S3. The van der Waals surface area contributed by atoms with Crippen LogP contribution in [0.4, 0.5) is 9.93 Å². The van der Waals surface area contributed by atoms with E-state index in [2.05, 4.69) is 20.0 Å². The Morgan fingerprint density at radius 1 is 1.30 bits per heavy atom. The number of amides is 2. The number of fused-ring (bicyclic) bond motifs is 2. The van der Waals surface area contributed by atoms with Crippen molar-refractivity contribution in [1.29, 1.82) is 0 Å². The summed E-state index contributed by atoms with van der Waals surface area (Å²) < 4.78 is 6.62. The van der Waals surface area contributed by atoms with E-state index in [1.54, 1.807) is 11.3 Å². The van der Waals surface area contributed by atoms with E-state index in [1.807, 2.05) is 29.2 Å². The van der Waals surface area contributed by atoms with Gasteiger partial charge in [-0.15, -0.1) is 11.3 Å². The van der Waals surface area contributed by atoms with Gasteiger partial charge >= 0.3 is 6.09 Å². The molecule has 0 unspecified atom stereocenters. The highest BCUT2D eigenvalue weighted by atomic mass is 32.2. The Morgan fingerprint density at radius 2 is 2.15 bits per heavy atom. The second kappa shape index (κ2) is 7.83. The van der Waals surface area contributed by atoms with Crippen LogP contribution in [0.2, 0.25) is 0 Å². The predicted molar refractivity (Wildman–Crippen MR) is 108 cm³/mol. The van der Waals surface area contributed by atoms with Gasteiger partial charge in [-0.25, -0.2) is 14.8 Å². The summed E-state index contributed by atoms with van der Waals surface area (Å²) in [6.45, 7) is 1.16. The lowest BCUT2D eigenvalue weighted by Gasteiger charge is -2.25. The van der Waals surface area contributed by atoms with Crippen molar-refractivity contribution in [3.63, 3.8) is 0 Å². The Hall–Kier alpha value is -2.17. The number of carbonyl (C=O) groups is 2. The maximum atomic E-state index is 12.6. The number of thiazole rings is 2. The van der Waals surface area contributed by atoms with E-state index in [9.17, 15) is 9.59 Å². The van der Waals surface area contributed by atoms with Crippen LogP contribution in [-0.4, -0.2) is 46.3 Å². The second-order valence-electron chi connectivity index (χ2n) is 5.81. The summed E-state index contributed by atoms with van der Waals surface area (Å²) in [5.74, 6) is 0.446. The van der Waals surface area contributed by atoms with Gasteiger partial charge in [0.2, 0.25) is 5.91 Å². The molecule has 27 heavy (non-hydrogen) atoms. The second-order valence-corrected chi connectivity index (χ2v) is 9.14. The van der Waals surface area contributed by atoms with Crippen molar-refractivity contribution in [2.24, 2.45) is 0 Å². The lowest BCUT2D eigenvalue weighted by atomic mass is 10.2. The van der Waals surface area contributed by atoms with Crippen LogP contribution in [-0.2, 0) is 22.5 Å². The molecule has 2 aromatic heterocycles. The molecule has 0 saturated heterocycles. The minimum Gasteiger partial charge on any atom is -0.453 e. The van der Waals surface area contributed by atoms with Gasteiger partial charge in [0.25, 0.3) is 0 Å². The first-order chi connectivity index (χ1) is 13.1. The Balaban J connectivity index is 1.36. The number of rotatable bonds is 4. The van der Waals surface area contributed by atoms with Crippen molar-refractivity contribution in [2.45, 2.75) is 17.3 Å². The van der Waals surface area contributed by atoms with Gasteiger partial charge in [-0.3, -0.25) is 10.1 Å². The van der Waals surface area contributed by atoms with Crippen molar-refractivity contribution in [1.82, 2.24) is 14.9 Å². The van der Waals surface area contributed by atoms with Crippen LogP contribution in [0.3, 0.4) is 0 Å². The maximum absolute atomic E-state index is 12.6. The molecule has 0 fully saturated rings. The van der Waals surface area contributed by atoms with E-state index < -0.39 is 6.09 Å². The van der Waals surface area contributed by atoms with Crippen LogP contribution < -0.4 is 5.32 Å². The first-order valence-corrected chi connectivity index (χ1v) is 10.8. The highest BCUT2D eigenvalue weighted by Gasteiger charge is 2.25. The van der Waals surface area contributed by atoms with E-state index >= 15 is 0 Å². The Bertz CT molecular complexity index is 967. The third-order valence-electron chi connectivity index (χ3n) is 4.07. The molecule has 0 radical (unpaired) electrons. The van der Waals surface area contributed by atoms with E-state index in [-0.39, 0.29) is 5.91 Å². The smallest absolute Gasteiger partial charge is 0.413 e. The lowest BCUT2D eigenvalue weighted by molar-refractivity contribution is -0.129. The standard InChI is InChI=1S/C17H16N4O3S3/c1-24-16(23)20-15-18-11-6-7-21(8-13(11)26-15)14(22)9-25-17-19-10-4-2-3-5-12(10)27-17/h2-5H,6-9H2,1H3,(H,18,20,23). The number of methoxy groups -OCH3 is 1. The van der Waals surface area contributed by atoms with Crippen molar-refractivity contribution in [3.05, 3.63) is 34.8 Å². The summed E-state index contributed by atoms with van der Waals surface area (Å²) in [6.07, 6.45) is 0.146. The quantitative estimate of drug-likeness (QED) is 0.649. The minimum atomic E-state index is -0.540. The fourth-order valence-corrected chi connectivity index (χ4v) is 5.71. The van der Waals surface area contributed by atoms with E-state index in [1.165, 1.54) is 30.2 Å². The van der Waals surface area contributed by atoms with Crippen LogP contribution in [0, 0.1) is 0 Å². The van der Waals surface area contributed by atoms with Gasteiger partial charge in [0.1, 0.15) is 0 Å². The molecule has 1 aliphatic rings. The monoisotopic (exact) mass is 420 g/mol. The number of para-hydroxylation sites is 1. The third-order valence-corrected chi connectivity index (χ3v) is 7.23. The number of nitrogens with zero attached hydrogens (tertiary/aromatic N) is 3. The number of anilines is 1. The van der Waals surface area contributed by atoms with Crippen molar-refractivity contribution >= 4 is 61.8 Å². The number of nitrogens with one attached hydrogen (secondary N) is 1. The first-order valence-electron chi connectivity index (χ1n) is 8.22. The topological polar surface area (TPSA) is 84.4 Å². The summed E-state index contributed by atoms with van der Waals surface area (Å²) >= 11 is 4.47. The van der Waals surface area contributed by atoms with Gasteiger partial charge < -0.3 is 9.64 Å². The molecule has 1 N–H and O–H groups in total. The van der Waals surface area contributed by atoms with E-state index in [0.717, 1.165) is 25.1 Å². The molecule has 0 aliphatic carbocycles. The van der Waals surface area contributed by atoms with Gasteiger partial charge in [0.05, 0.1) is 35.3 Å². The van der Waals surface area contributed by atoms with Crippen molar-refractivity contribution in [3.8, 4) is 0 Å². The average Bonchev–Trinajstić information content (AvgIpc) is 3.27. The molecule has 1 aliphatic heterocycles. The summed E-state index contributed by atoms with van der Waals surface area (Å²) in [5.41, 5.74) is 1.91. The van der Waals surface area contributed by atoms with Gasteiger partial charge in [0, 0.05) is 17.8 Å². The minimum absolute atomic E-state index is 0.0841. The lowest BCUT2D eigenvalue weighted by Crippen LogP contribution is -2.36. The molecule has 7 nitrogen and oxygen atoms in total. The average molecular weight is 421 g/mol. The zero-order valence-electron chi connectivity index (χ0n) is 14.4. The molecular weight excluding hydrogens is 404 g/mol. The molecule has 1 aromatic carbocycles. The molecule has 3 heterocycles. The first kappa shape index (κ1) is 18.2. The molecule has 0 atom stereocenters. The SMILES string of the molecule is COC(=O)Nc1nc2c(s1)CN(C(=O)CSc1nc3ccccc3s1)CC2. The number of benzene rings is 1. The molecule has 0 spiro atoms. The Labute approximate surface area is 167 Å². The summed E-state index contributed by atoms with van der Waals surface area (Å²) in [7, 11) is 1.31. The number of aromatic nitrogens is 2. The van der Waals surface area contributed by atoms with Gasteiger partial charge in [-0.2, -0.15) is 0 Å². The fourth-order valence-electron chi connectivity index (χ4n) is 2.73. The number of thioether (sulfide) groups is 1. The zero-order valence-corrected chi connectivity index (χ0v) is 16.9. The Kier molecular flexibility index (Phi) is 5.28. The van der Waals surface area contributed by atoms with Crippen LogP contribution >= 0.6 is 34.4 Å². The number of ether oxygens (including phenoxy) is 1. The largest absolute Gasteiger partial charge is 0.453 e. The number of hydrogen-bond donors (Lipinski definition) is 1. The number of hydrogen-bond acceptors (Lipinski definition) is 8. The molecule has 10 heteroatoms. The fraction of sp³-hybridized carbons (Fsp3) is 0.294. The number of carbonyl (C=O) groups excluding carboxylic acids is 2. The Morgan fingerprint density at radius 3 is 2.96 bits per heavy atom. The van der Waals surface area contributed by atoms with E-state index in [4.69, 9.17) is 0 Å². The molecule has 2 amide bonds. The van der Waals surface area contributed by atoms with Crippen LogP contribution in [0.15, 0.2) is 28.6 Å². The van der Waals surface area contributed by atoms with Crippen LogP contribution in [0.25, 0.3) is 10.2 Å². The molecule has 140 valence electrons. The van der Waals surface area contributed by atoms with E-state index in [0.29, 0.717) is 30.4 Å². The predicted octanol–water partition coefficient (Wildman–Crippen LogP) is 3.61. The molecule has 0 saturated carbocycles. The molecule has 0 bridgehead atoms. The van der Waals surface area contributed by atoms with Crippen molar-refractivity contribution in [2.75, 3.05) is 24.7 Å². The zero-order chi connectivity index (χ0) is 18.8. The van der Waals surface area contributed by atoms with Crippen molar-refractivity contribution < 1.29 is 14.3 Å². The maximum Gasteiger partial charge on any atom is 0.413 e. The summed E-state index contributed by atoms with van der Waals surface area (Å²) in [6, 6.07) is 7.97. The van der Waals surface area contributed by atoms with Crippen LogP contribution in [0.5, 0.6) is 0 Å². The molecule has 3 aromatic rings. The van der Waals surface area contributed by atoms with Gasteiger partial charge in [0.15, 0.2) is 9.47 Å². The summed E-state index contributed by atoms with van der Waals surface area (Å²) in [4.78, 5) is 35.7. The highest BCUT2D eigenvalue weighted by Crippen LogP contribution is 2.31. The molecule has 4 rings (SSSR count). The van der Waals surface area contributed by atoms with Crippen LogP contribution in [0.1, 0.15) is 10.6 Å². The summed E-state index contributed by atoms with van der Waals surface area (Å²) in [5, 5.41) is 3.09.